The number of likely N-dealkylation sites (tertiary alicyclic amines) is 1. The van der Waals surface area contributed by atoms with Crippen molar-refractivity contribution < 1.29 is 28.9 Å². The molecule has 9 nitrogen and oxygen atoms in total. The van der Waals surface area contributed by atoms with Crippen LogP contribution in [0.4, 0.5) is 0 Å². The van der Waals surface area contributed by atoms with E-state index in [4.69, 9.17) is 14.2 Å². The molecular weight excluding hydrogens is 510 g/mol. The van der Waals surface area contributed by atoms with Gasteiger partial charge in [-0.1, -0.05) is 13.0 Å². The Labute approximate surface area is 234 Å². The average Bonchev–Trinajstić information content (AvgIpc) is 3.66. The summed E-state index contributed by atoms with van der Waals surface area (Å²) in [5.74, 6) is 0.342. The van der Waals surface area contributed by atoms with Gasteiger partial charge in [0.05, 0.1) is 31.2 Å². The Kier molecular flexibility index (Phi) is 8.09. The number of rotatable bonds is 11. The number of amides is 1. The first-order valence-corrected chi connectivity index (χ1v) is 13.8. The molecule has 1 aromatic heterocycles. The van der Waals surface area contributed by atoms with Crippen LogP contribution >= 0.6 is 0 Å². The lowest BCUT2D eigenvalue weighted by molar-refractivity contribution is -0.139. The molecule has 3 heterocycles. The van der Waals surface area contributed by atoms with E-state index in [2.05, 4.69) is 4.98 Å². The van der Waals surface area contributed by atoms with E-state index in [1.54, 1.807) is 41.7 Å². The molecule has 0 bridgehead atoms. The smallest absolute Gasteiger partial charge is 0.295 e. The highest BCUT2D eigenvalue weighted by atomic mass is 16.5. The van der Waals surface area contributed by atoms with Crippen molar-refractivity contribution >= 4 is 17.4 Å². The van der Waals surface area contributed by atoms with E-state index in [9.17, 15) is 14.7 Å². The molecule has 0 spiro atoms. The lowest BCUT2D eigenvalue weighted by Gasteiger charge is -2.26. The third kappa shape index (κ3) is 5.41. The molecule has 2 aromatic carbocycles. The molecule has 0 saturated carbocycles. The lowest BCUT2D eigenvalue weighted by Crippen LogP contribution is -2.31. The summed E-state index contributed by atoms with van der Waals surface area (Å²) in [6, 6.07) is 10.0. The van der Waals surface area contributed by atoms with E-state index in [1.165, 1.54) is 0 Å². The highest BCUT2D eigenvalue weighted by molar-refractivity contribution is 6.46. The molecular formula is C31H35N3O6. The number of aliphatic hydroxyl groups is 1. The van der Waals surface area contributed by atoms with Gasteiger partial charge in [0.15, 0.2) is 11.5 Å². The number of Topliss-reactive ketones (excluding diaryl/α,β-unsaturated/α-hetero) is 1. The van der Waals surface area contributed by atoms with Crippen molar-refractivity contribution in [2.45, 2.75) is 58.7 Å². The number of aliphatic hydroxyl groups excluding tert-OH is 1. The summed E-state index contributed by atoms with van der Waals surface area (Å²) < 4.78 is 19.5. The number of nitrogens with zero attached hydrogens (tertiary/aromatic N) is 3. The second-order valence-electron chi connectivity index (χ2n) is 10.1. The number of carbonyl (C=O) groups is 2. The van der Waals surface area contributed by atoms with Crippen LogP contribution in [0.2, 0.25) is 0 Å². The minimum absolute atomic E-state index is 0.0406. The Hall–Kier alpha value is -4.27. The molecule has 40 heavy (non-hydrogen) atoms. The van der Waals surface area contributed by atoms with Crippen molar-refractivity contribution in [1.29, 1.82) is 0 Å². The molecule has 2 aliphatic rings. The second-order valence-corrected chi connectivity index (χ2v) is 10.1. The van der Waals surface area contributed by atoms with Gasteiger partial charge in [-0.2, -0.15) is 0 Å². The Morgan fingerprint density at radius 2 is 1.95 bits per heavy atom. The fourth-order valence-corrected chi connectivity index (χ4v) is 5.32. The van der Waals surface area contributed by atoms with Crippen molar-refractivity contribution in [2.75, 3.05) is 19.8 Å². The molecule has 1 amide bonds. The molecule has 1 N–H and O–H groups in total. The zero-order valence-corrected chi connectivity index (χ0v) is 23.1. The standard InChI is InChI=1S/C31H35N3O6/c1-4-15-39-25-10-7-21(18-26(25)38-5-2)28-27(29(35)22-8-9-24-23(17-22)16-20(3)40-24)30(36)31(37)34(28)13-6-12-33-14-11-32-19-33/h7-11,14,17-20,28,35H,4-6,12-13,15-16H2,1-3H3/b29-27+/t20-,28+/m1/s1. The molecule has 2 atom stereocenters. The Bertz CT molecular complexity index is 1410. The molecule has 0 aliphatic carbocycles. The highest BCUT2D eigenvalue weighted by Crippen LogP contribution is 2.43. The normalized spacial score (nSPS) is 19.5. The molecule has 5 rings (SSSR count). The summed E-state index contributed by atoms with van der Waals surface area (Å²) in [7, 11) is 0. The van der Waals surface area contributed by atoms with Crippen LogP contribution in [-0.4, -0.2) is 57.1 Å². The molecule has 0 unspecified atom stereocenters. The minimum atomic E-state index is -0.786. The van der Waals surface area contributed by atoms with Crippen LogP contribution < -0.4 is 14.2 Å². The van der Waals surface area contributed by atoms with Gasteiger partial charge in [0, 0.05) is 37.5 Å². The number of carbonyl (C=O) groups excluding carboxylic acids is 2. The molecule has 3 aromatic rings. The third-order valence-electron chi connectivity index (χ3n) is 7.13. The topological polar surface area (TPSA) is 103 Å². The Morgan fingerprint density at radius 3 is 2.70 bits per heavy atom. The lowest BCUT2D eigenvalue weighted by atomic mass is 9.94. The first-order chi connectivity index (χ1) is 19.4. The monoisotopic (exact) mass is 545 g/mol. The molecule has 210 valence electrons. The van der Waals surface area contributed by atoms with Gasteiger partial charge in [0.1, 0.15) is 17.6 Å². The summed E-state index contributed by atoms with van der Waals surface area (Å²) in [6.45, 7) is 7.80. The number of hydrogen-bond acceptors (Lipinski definition) is 7. The quantitative estimate of drug-likeness (QED) is 0.208. The van der Waals surface area contributed by atoms with Crippen LogP contribution in [0.15, 0.2) is 60.7 Å². The van der Waals surface area contributed by atoms with Crippen LogP contribution in [0.3, 0.4) is 0 Å². The fourth-order valence-electron chi connectivity index (χ4n) is 5.32. The van der Waals surface area contributed by atoms with Gasteiger partial charge in [-0.15, -0.1) is 0 Å². The van der Waals surface area contributed by atoms with Crippen LogP contribution in [0.1, 0.15) is 56.3 Å². The molecule has 0 radical (unpaired) electrons. The first kappa shape index (κ1) is 27.3. The van der Waals surface area contributed by atoms with Crippen LogP contribution in [-0.2, 0) is 22.6 Å². The first-order valence-electron chi connectivity index (χ1n) is 13.8. The minimum Gasteiger partial charge on any atom is -0.507 e. The second kappa shape index (κ2) is 11.9. The summed E-state index contributed by atoms with van der Waals surface area (Å²) in [6.07, 6.45) is 7.46. The van der Waals surface area contributed by atoms with Gasteiger partial charge in [0.2, 0.25) is 0 Å². The molecule has 1 saturated heterocycles. The number of imidazole rings is 1. The van der Waals surface area contributed by atoms with Crippen molar-refractivity contribution in [3.63, 3.8) is 0 Å². The van der Waals surface area contributed by atoms with E-state index in [0.29, 0.717) is 61.8 Å². The third-order valence-corrected chi connectivity index (χ3v) is 7.13. The number of hydrogen-bond donors (Lipinski definition) is 1. The number of fused-ring (bicyclic) bond motifs is 1. The summed E-state index contributed by atoms with van der Waals surface area (Å²) >= 11 is 0. The SMILES string of the molecule is CCCOc1ccc([C@H]2/C(=C(\O)c3ccc4c(c3)C[C@@H](C)O4)C(=O)C(=O)N2CCCn2ccnc2)cc1OCC. The summed E-state index contributed by atoms with van der Waals surface area (Å²) in [4.78, 5) is 32.5. The van der Waals surface area contributed by atoms with E-state index in [-0.39, 0.29) is 17.4 Å². The van der Waals surface area contributed by atoms with Gasteiger partial charge >= 0.3 is 0 Å². The van der Waals surface area contributed by atoms with Gasteiger partial charge in [-0.25, -0.2) is 4.98 Å². The molecule has 1 fully saturated rings. The Balaban J connectivity index is 1.56. The number of aromatic nitrogens is 2. The number of ketones is 1. The number of benzene rings is 2. The van der Waals surface area contributed by atoms with E-state index in [1.807, 2.05) is 43.7 Å². The number of ether oxygens (including phenoxy) is 3. The zero-order valence-electron chi connectivity index (χ0n) is 23.1. The van der Waals surface area contributed by atoms with E-state index in [0.717, 1.165) is 17.7 Å². The van der Waals surface area contributed by atoms with Crippen LogP contribution in [0.25, 0.3) is 5.76 Å². The molecule has 9 heteroatoms. The predicted octanol–water partition coefficient (Wildman–Crippen LogP) is 4.91. The maximum atomic E-state index is 13.5. The fraction of sp³-hybridized carbons (Fsp3) is 0.387. The zero-order chi connectivity index (χ0) is 28.2. The van der Waals surface area contributed by atoms with Gasteiger partial charge in [-0.3, -0.25) is 9.59 Å². The van der Waals surface area contributed by atoms with Crippen molar-refractivity contribution in [1.82, 2.24) is 14.5 Å². The summed E-state index contributed by atoms with van der Waals surface area (Å²) in [5, 5.41) is 11.5. The predicted molar refractivity (Wildman–Crippen MR) is 149 cm³/mol. The van der Waals surface area contributed by atoms with Crippen LogP contribution in [0, 0.1) is 0 Å². The summed E-state index contributed by atoms with van der Waals surface area (Å²) in [5.41, 5.74) is 2.16. The maximum Gasteiger partial charge on any atom is 0.295 e. The van der Waals surface area contributed by atoms with E-state index < -0.39 is 17.7 Å². The number of aryl methyl sites for hydroxylation is 1. The van der Waals surface area contributed by atoms with E-state index >= 15 is 0 Å². The largest absolute Gasteiger partial charge is 0.507 e. The van der Waals surface area contributed by atoms with Crippen molar-refractivity contribution in [3.05, 3.63) is 77.4 Å². The molecule has 2 aliphatic heterocycles. The van der Waals surface area contributed by atoms with Gasteiger partial charge < -0.3 is 28.8 Å². The van der Waals surface area contributed by atoms with Gasteiger partial charge in [0.25, 0.3) is 11.7 Å². The highest BCUT2D eigenvalue weighted by Gasteiger charge is 2.46. The van der Waals surface area contributed by atoms with Crippen molar-refractivity contribution in [2.24, 2.45) is 0 Å². The van der Waals surface area contributed by atoms with Gasteiger partial charge in [-0.05, 0) is 68.1 Å². The van der Waals surface area contributed by atoms with Crippen molar-refractivity contribution in [3.8, 4) is 17.2 Å². The maximum absolute atomic E-state index is 13.5. The average molecular weight is 546 g/mol. The Morgan fingerprint density at radius 1 is 1.10 bits per heavy atom. The van der Waals surface area contributed by atoms with Crippen LogP contribution in [0.5, 0.6) is 17.2 Å².